The van der Waals surface area contributed by atoms with Gasteiger partial charge in [0.2, 0.25) is 11.6 Å². The lowest BCUT2D eigenvalue weighted by Crippen LogP contribution is -2.34. The molecule has 35 heavy (non-hydrogen) atoms. The molecule has 0 unspecified atom stereocenters. The molecule has 0 aliphatic heterocycles. The van der Waals surface area contributed by atoms with Crippen LogP contribution in [0.1, 0.15) is 24.2 Å². The van der Waals surface area contributed by atoms with Crippen molar-refractivity contribution in [2.75, 3.05) is 24.0 Å². The molecule has 0 saturated carbocycles. The van der Waals surface area contributed by atoms with E-state index in [9.17, 15) is 19.7 Å². The van der Waals surface area contributed by atoms with Crippen LogP contribution in [0.2, 0.25) is 0 Å². The average Bonchev–Trinajstić information content (AvgIpc) is 2.85. The number of hydrazine groups is 1. The standard InChI is InChI=1S/C23H24N6O6/c1-15(2)12-35-23(31)16-8-10-17(11-9-16)26-21-20(29(32)33)22(25-14-24-21)28-27-19(30)13-34-18-6-4-3-5-7-18/h3-11,14-15H,12-13H2,1-2H3,(H,27,30)(H2,24,25,26,28). The van der Waals surface area contributed by atoms with E-state index in [-0.39, 0.29) is 24.2 Å². The number of carbonyl (C=O) groups excluding carboxylic acids is 2. The summed E-state index contributed by atoms with van der Waals surface area (Å²) in [6, 6.07) is 14.9. The number of esters is 1. The summed E-state index contributed by atoms with van der Waals surface area (Å²) in [5.41, 5.74) is 5.04. The molecule has 1 aromatic heterocycles. The Morgan fingerprint density at radius 3 is 2.37 bits per heavy atom. The molecule has 0 saturated heterocycles. The van der Waals surface area contributed by atoms with E-state index >= 15 is 0 Å². The summed E-state index contributed by atoms with van der Waals surface area (Å²) in [4.78, 5) is 42.9. The summed E-state index contributed by atoms with van der Waals surface area (Å²) in [6.45, 7) is 3.85. The third-order valence-electron chi connectivity index (χ3n) is 4.37. The van der Waals surface area contributed by atoms with Gasteiger partial charge in [-0.1, -0.05) is 32.0 Å². The highest BCUT2D eigenvalue weighted by atomic mass is 16.6. The number of amides is 1. The number of anilines is 3. The van der Waals surface area contributed by atoms with Crippen molar-refractivity contribution in [1.82, 2.24) is 15.4 Å². The van der Waals surface area contributed by atoms with Gasteiger partial charge in [0.15, 0.2) is 6.61 Å². The van der Waals surface area contributed by atoms with Crippen molar-refractivity contribution in [3.8, 4) is 5.75 Å². The zero-order valence-electron chi connectivity index (χ0n) is 19.1. The van der Waals surface area contributed by atoms with Crippen LogP contribution in [0, 0.1) is 16.0 Å². The molecule has 3 aromatic rings. The maximum atomic E-state index is 12.1. The first-order valence-electron chi connectivity index (χ1n) is 10.6. The van der Waals surface area contributed by atoms with Gasteiger partial charge < -0.3 is 14.8 Å². The predicted molar refractivity (Wildman–Crippen MR) is 127 cm³/mol. The average molecular weight is 480 g/mol. The minimum absolute atomic E-state index is 0.114. The highest BCUT2D eigenvalue weighted by Crippen LogP contribution is 2.30. The molecular formula is C23H24N6O6. The fourth-order valence-corrected chi connectivity index (χ4v) is 2.72. The first-order valence-corrected chi connectivity index (χ1v) is 10.6. The zero-order valence-corrected chi connectivity index (χ0v) is 19.1. The Hall–Kier alpha value is -4.74. The molecule has 182 valence electrons. The summed E-state index contributed by atoms with van der Waals surface area (Å²) >= 11 is 0. The number of hydrogen-bond acceptors (Lipinski definition) is 10. The lowest BCUT2D eigenvalue weighted by atomic mass is 10.2. The Morgan fingerprint density at radius 2 is 1.71 bits per heavy atom. The van der Waals surface area contributed by atoms with Gasteiger partial charge in [-0.2, -0.15) is 0 Å². The quantitative estimate of drug-likeness (QED) is 0.211. The van der Waals surface area contributed by atoms with Crippen LogP contribution in [0.5, 0.6) is 5.75 Å². The lowest BCUT2D eigenvalue weighted by Gasteiger charge is -2.12. The molecule has 0 fully saturated rings. The smallest absolute Gasteiger partial charge is 0.355 e. The van der Waals surface area contributed by atoms with E-state index in [1.807, 2.05) is 19.9 Å². The van der Waals surface area contributed by atoms with Crippen molar-refractivity contribution in [3.05, 3.63) is 76.6 Å². The number of ether oxygens (including phenoxy) is 2. The number of hydrogen-bond donors (Lipinski definition) is 3. The Balaban J connectivity index is 1.65. The van der Waals surface area contributed by atoms with Crippen molar-refractivity contribution in [2.45, 2.75) is 13.8 Å². The van der Waals surface area contributed by atoms with Crippen molar-refractivity contribution >= 4 is 34.9 Å². The largest absolute Gasteiger partial charge is 0.484 e. The molecule has 3 rings (SSSR count). The zero-order chi connectivity index (χ0) is 25.2. The maximum Gasteiger partial charge on any atom is 0.355 e. The van der Waals surface area contributed by atoms with E-state index in [4.69, 9.17) is 9.47 Å². The summed E-state index contributed by atoms with van der Waals surface area (Å²) in [7, 11) is 0. The van der Waals surface area contributed by atoms with E-state index in [0.717, 1.165) is 6.33 Å². The summed E-state index contributed by atoms with van der Waals surface area (Å²) < 4.78 is 10.5. The number of benzene rings is 2. The monoisotopic (exact) mass is 480 g/mol. The molecule has 1 heterocycles. The number of nitrogens with zero attached hydrogens (tertiary/aromatic N) is 3. The molecule has 0 bridgehead atoms. The number of nitrogens with one attached hydrogen (secondary N) is 3. The van der Waals surface area contributed by atoms with Crippen LogP contribution in [0.4, 0.5) is 23.0 Å². The molecule has 2 aromatic carbocycles. The van der Waals surface area contributed by atoms with Crippen LogP contribution in [-0.4, -0.2) is 40.0 Å². The Kier molecular flexibility index (Phi) is 8.48. The van der Waals surface area contributed by atoms with Crippen LogP contribution < -0.4 is 20.9 Å². The maximum absolute atomic E-state index is 12.1. The highest BCUT2D eigenvalue weighted by Gasteiger charge is 2.24. The first-order chi connectivity index (χ1) is 16.8. The molecular weight excluding hydrogens is 456 g/mol. The molecule has 12 heteroatoms. The van der Waals surface area contributed by atoms with E-state index < -0.39 is 22.5 Å². The fourth-order valence-electron chi connectivity index (χ4n) is 2.72. The fraction of sp³-hybridized carbons (Fsp3) is 0.217. The Bertz CT molecular complexity index is 1170. The molecule has 0 aliphatic carbocycles. The van der Waals surface area contributed by atoms with Crippen LogP contribution in [-0.2, 0) is 9.53 Å². The van der Waals surface area contributed by atoms with E-state index in [2.05, 4.69) is 26.1 Å². The van der Waals surface area contributed by atoms with E-state index in [1.165, 1.54) is 12.1 Å². The SMILES string of the molecule is CC(C)COC(=O)c1ccc(Nc2ncnc(NNC(=O)COc3ccccc3)c2[N+](=O)[O-])cc1. The van der Waals surface area contributed by atoms with Crippen LogP contribution in [0.25, 0.3) is 0 Å². The number of nitro groups is 1. The van der Waals surface area contributed by atoms with Gasteiger partial charge in [-0.3, -0.25) is 25.8 Å². The number of rotatable bonds is 11. The van der Waals surface area contributed by atoms with Crippen LogP contribution in [0.15, 0.2) is 60.9 Å². The summed E-state index contributed by atoms with van der Waals surface area (Å²) in [5, 5.41) is 14.5. The second kappa shape index (κ2) is 11.9. The highest BCUT2D eigenvalue weighted by molar-refractivity contribution is 5.90. The number of aromatic nitrogens is 2. The number of para-hydroxylation sites is 1. The number of carbonyl (C=O) groups is 2. The molecule has 0 radical (unpaired) electrons. The van der Waals surface area contributed by atoms with E-state index in [0.29, 0.717) is 23.6 Å². The molecule has 3 N–H and O–H groups in total. The summed E-state index contributed by atoms with van der Waals surface area (Å²) in [5.74, 6) is -0.664. The van der Waals surface area contributed by atoms with Gasteiger partial charge >= 0.3 is 11.7 Å². The van der Waals surface area contributed by atoms with Crippen molar-refractivity contribution in [3.63, 3.8) is 0 Å². The molecule has 0 atom stereocenters. The molecule has 1 amide bonds. The topological polar surface area (TPSA) is 158 Å². The minimum atomic E-state index is -0.686. The molecule has 0 aliphatic rings. The predicted octanol–water partition coefficient (Wildman–Crippen LogP) is 3.46. The van der Waals surface area contributed by atoms with Gasteiger partial charge in [-0.25, -0.2) is 14.8 Å². The normalized spacial score (nSPS) is 10.4. The van der Waals surface area contributed by atoms with Gasteiger partial charge in [-0.05, 0) is 42.3 Å². The van der Waals surface area contributed by atoms with Crippen molar-refractivity contribution in [1.29, 1.82) is 0 Å². The second-order valence-electron chi connectivity index (χ2n) is 7.65. The van der Waals surface area contributed by atoms with Gasteiger partial charge in [0.05, 0.1) is 17.1 Å². The summed E-state index contributed by atoms with van der Waals surface area (Å²) in [6.07, 6.45) is 1.10. The van der Waals surface area contributed by atoms with Crippen LogP contribution in [0.3, 0.4) is 0 Å². The van der Waals surface area contributed by atoms with Crippen molar-refractivity contribution in [2.24, 2.45) is 5.92 Å². The third kappa shape index (κ3) is 7.39. The van der Waals surface area contributed by atoms with Gasteiger partial charge in [-0.15, -0.1) is 0 Å². The van der Waals surface area contributed by atoms with Crippen molar-refractivity contribution < 1.29 is 24.0 Å². The van der Waals surface area contributed by atoms with Gasteiger partial charge in [0, 0.05) is 5.69 Å². The minimum Gasteiger partial charge on any atom is -0.484 e. The Labute approximate surface area is 200 Å². The second-order valence-corrected chi connectivity index (χ2v) is 7.65. The third-order valence-corrected chi connectivity index (χ3v) is 4.37. The van der Waals surface area contributed by atoms with Gasteiger partial charge in [0.1, 0.15) is 12.1 Å². The molecule has 0 spiro atoms. The van der Waals surface area contributed by atoms with E-state index in [1.54, 1.807) is 36.4 Å². The van der Waals surface area contributed by atoms with Crippen LogP contribution >= 0.6 is 0 Å². The van der Waals surface area contributed by atoms with Gasteiger partial charge in [0.25, 0.3) is 5.91 Å². The Morgan fingerprint density at radius 1 is 1.03 bits per heavy atom. The molecule has 12 nitrogen and oxygen atoms in total. The lowest BCUT2D eigenvalue weighted by molar-refractivity contribution is -0.383. The first kappa shape index (κ1) is 24.9.